The summed E-state index contributed by atoms with van der Waals surface area (Å²) >= 11 is 0. The van der Waals surface area contributed by atoms with E-state index in [1.165, 1.54) is 32.1 Å². The lowest BCUT2D eigenvalue weighted by atomic mass is 9.55. The first kappa shape index (κ1) is 22.7. The zero-order valence-corrected chi connectivity index (χ0v) is 19.5. The Bertz CT molecular complexity index is 522. The van der Waals surface area contributed by atoms with Crippen molar-refractivity contribution in [2.24, 2.45) is 10.4 Å². The van der Waals surface area contributed by atoms with Crippen LogP contribution in [0.15, 0.2) is 4.99 Å². The standard InChI is InChI=1S/C20H36N4O2.HI/c1-4-18(25)24-12-9-15(14-24)22-19(21-3)23-16-13-17(26-5-2)20(16)10-7-6-8-11-20;/h15-17H,4-14H2,1-3H3,(H2,21,22,23);1H. The summed E-state index contributed by atoms with van der Waals surface area (Å²) in [4.78, 5) is 18.3. The van der Waals surface area contributed by atoms with Crippen LogP contribution in [0.3, 0.4) is 0 Å². The maximum atomic E-state index is 11.9. The summed E-state index contributed by atoms with van der Waals surface area (Å²) in [5.74, 6) is 1.13. The second-order valence-electron chi connectivity index (χ2n) is 8.07. The third-order valence-electron chi connectivity index (χ3n) is 6.66. The van der Waals surface area contributed by atoms with Crippen LogP contribution in [0.4, 0.5) is 0 Å². The first-order chi connectivity index (χ1) is 12.6. The van der Waals surface area contributed by atoms with Crippen molar-refractivity contribution in [3.63, 3.8) is 0 Å². The van der Waals surface area contributed by atoms with Gasteiger partial charge in [0.1, 0.15) is 0 Å². The van der Waals surface area contributed by atoms with Gasteiger partial charge in [-0.3, -0.25) is 9.79 Å². The summed E-state index contributed by atoms with van der Waals surface area (Å²) in [5.41, 5.74) is 0.283. The topological polar surface area (TPSA) is 66.0 Å². The molecule has 3 unspecified atom stereocenters. The lowest BCUT2D eigenvalue weighted by molar-refractivity contribution is -0.145. The van der Waals surface area contributed by atoms with Crippen LogP contribution in [-0.2, 0) is 9.53 Å². The number of aliphatic imine (C=N–C) groups is 1. The molecule has 1 amide bonds. The quantitative estimate of drug-likeness (QED) is 0.352. The SMILES string of the molecule is CCOC1CC(NC(=NC)NC2CCN(C(=O)CC)C2)C12CCCCC2.I. The van der Waals surface area contributed by atoms with Crippen LogP contribution in [0.2, 0.25) is 0 Å². The molecule has 0 aromatic carbocycles. The molecular formula is C20H37IN4O2. The first-order valence-electron chi connectivity index (χ1n) is 10.5. The summed E-state index contributed by atoms with van der Waals surface area (Å²) in [7, 11) is 1.84. The Morgan fingerprint density at radius 2 is 1.96 bits per heavy atom. The number of hydrogen-bond acceptors (Lipinski definition) is 3. The van der Waals surface area contributed by atoms with Gasteiger partial charge < -0.3 is 20.3 Å². The number of nitrogens with zero attached hydrogens (tertiary/aromatic N) is 2. The van der Waals surface area contributed by atoms with Crippen molar-refractivity contribution < 1.29 is 9.53 Å². The van der Waals surface area contributed by atoms with Crippen molar-refractivity contribution in [3.05, 3.63) is 0 Å². The number of nitrogens with one attached hydrogen (secondary N) is 2. The number of guanidine groups is 1. The van der Waals surface area contributed by atoms with Crippen molar-refractivity contribution >= 4 is 35.8 Å². The van der Waals surface area contributed by atoms with E-state index in [-0.39, 0.29) is 35.3 Å². The van der Waals surface area contributed by atoms with Gasteiger partial charge in [0.15, 0.2) is 5.96 Å². The van der Waals surface area contributed by atoms with E-state index in [1.54, 1.807) is 0 Å². The Kier molecular flexibility index (Phi) is 8.65. The number of hydrogen-bond donors (Lipinski definition) is 2. The highest BCUT2D eigenvalue weighted by Crippen LogP contribution is 2.53. The summed E-state index contributed by atoms with van der Waals surface area (Å²) in [6.45, 7) is 6.46. The Hall–Kier alpha value is -0.570. The fraction of sp³-hybridized carbons (Fsp3) is 0.900. The molecule has 2 aliphatic carbocycles. The highest BCUT2D eigenvalue weighted by atomic mass is 127. The van der Waals surface area contributed by atoms with Gasteiger partial charge in [0.05, 0.1) is 6.10 Å². The van der Waals surface area contributed by atoms with E-state index in [2.05, 4.69) is 22.5 Å². The molecule has 0 bridgehead atoms. The van der Waals surface area contributed by atoms with Crippen LogP contribution < -0.4 is 10.6 Å². The average Bonchev–Trinajstić information content (AvgIpc) is 3.14. The molecule has 6 nitrogen and oxygen atoms in total. The van der Waals surface area contributed by atoms with Crippen molar-refractivity contribution in [1.82, 2.24) is 15.5 Å². The molecule has 0 aromatic heterocycles. The highest BCUT2D eigenvalue weighted by Gasteiger charge is 2.55. The lowest BCUT2D eigenvalue weighted by Crippen LogP contribution is -2.67. The van der Waals surface area contributed by atoms with E-state index < -0.39 is 0 Å². The lowest BCUT2D eigenvalue weighted by Gasteiger charge is -2.58. The van der Waals surface area contributed by atoms with Crippen molar-refractivity contribution in [2.75, 3.05) is 26.7 Å². The molecule has 1 aliphatic heterocycles. The van der Waals surface area contributed by atoms with Gasteiger partial charge in [0, 0.05) is 50.7 Å². The predicted octanol–water partition coefficient (Wildman–Crippen LogP) is 2.91. The number of halogens is 1. The second-order valence-corrected chi connectivity index (χ2v) is 8.07. The van der Waals surface area contributed by atoms with Crippen molar-refractivity contribution in [3.8, 4) is 0 Å². The number of ether oxygens (including phenoxy) is 1. The van der Waals surface area contributed by atoms with Crippen LogP contribution in [-0.4, -0.2) is 61.7 Å². The van der Waals surface area contributed by atoms with Gasteiger partial charge in [0.2, 0.25) is 5.91 Å². The van der Waals surface area contributed by atoms with E-state index in [9.17, 15) is 4.79 Å². The van der Waals surface area contributed by atoms with E-state index in [0.717, 1.165) is 38.5 Å². The number of likely N-dealkylation sites (tertiary alicyclic amines) is 1. The third kappa shape index (κ3) is 4.89. The Balaban J connectivity index is 0.00000261. The molecule has 3 aliphatic rings. The Morgan fingerprint density at radius 1 is 1.22 bits per heavy atom. The number of carbonyl (C=O) groups is 1. The van der Waals surface area contributed by atoms with Gasteiger partial charge in [0.25, 0.3) is 0 Å². The van der Waals surface area contributed by atoms with Crippen LogP contribution >= 0.6 is 24.0 Å². The molecular weight excluding hydrogens is 455 g/mol. The molecule has 3 fully saturated rings. The monoisotopic (exact) mass is 492 g/mol. The fourth-order valence-electron chi connectivity index (χ4n) is 5.12. The molecule has 1 saturated heterocycles. The molecule has 0 radical (unpaired) electrons. The molecule has 1 spiro atoms. The third-order valence-corrected chi connectivity index (χ3v) is 6.66. The fourth-order valence-corrected chi connectivity index (χ4v) is 5.12. The van der Waals surface area contributed by atoms with Crippen molar-refractivity contribution in [2.45, 2.75) is 83.4 Å². The summed E-state index contributed by atoms with van der Waals surface area (Å²) in [5, 5.41) is 7.24. The van der Waals surface area contributed by atoms with E-state index >= 15 is 0 Å². The molecule has 27 heavy (non-hydrogen) atoms. The number of amides is 1. The van der Waals surface area contributed by atoms with Gasteiger partial charge in [-0.05, 0) is 32.6 Å². The molecule has 3 rings (SSSR count). The van der Waals surface area contributed by atoms with Crippen LogP contribution in [0.5, 0.6) is 0 Å². The van der Waals surface area contributed by atoms with Gasteiger partial charge in [-0.1, -0.05) is 26.2 Å². The van der Waals surface area contributed by atoms with E-state index in [1.807, 2.05) is 18.9 Å². The summed E-state index contributed by atoms with van der Waals surface area (Å²) < 4.78 is 6.06. The minimum Gasteiger partial charge on any atom is -0.378 e. The zero-order valence-electron chi connectivity index (χ0n) is 17.1. The number of carbonyl (C=O) groups excluding carboxylic acids is 1. The van der Waals surface area contributed by atoms with Crippen LogP contribution in [0.1, 0.15) is 65.2 Å². The van der Waals surface area contributed by atoms with Gasteiger partial charge >= 0.3 is 0 Å². The van der Waals surface area contributed by atoms with Crippen molar-refractivity contribution in [1.29, 1.82) is 0 Å². The maximum absolute atomic E-state index is 11.9. The number of rotatable bonds is 5. The van der Waals surface area contributed by atoms with Gasteiger partial charge in [-0.25, -0.2) is 0 Å². The molecule has 0 aromatic rings. The smallest absolute Gasteiger partial charge is 0.222 e. The Morgan fingerprint density at radius 3 is 2.59 bits per heavy atom. The predicted molar refractivity (Wildman–Crippen MR) is 120 cm³/mol. The normalized spacial score (nSPS) is 29.8. The van der Waals surface area contributed by atoms with E-state index in [4.69, 9.17) is 4.74 Å². The largest absolute Gasteiger partial charge is 0.378 e. The van der Waals surface area contributed by atoms with E-state index in [0.29, 0.717) is 24.6 Å². The second kappa shape index (κ2) is 10.3. The highest BCUT2D eigenvalue weighted by molar-refractivity contribution is 14.0. The minimum atomic E-state index is 0. The zero-order chi connectivity index (χ0) is 18.6. The summed E-state index contributed by atoms with van der Waals surface area (Å²) in [6.07, 6.45) is 9.53. The molecule has 2 N–H and O–H groups in total. The Labute approximate surface area is 181 Å². The van der Waals surface area contributed by atoms with Gasteiger partial charge in [-0.2, -0.15) is 0 Å². The molecule has 1 heterocycles. The van der Waals surface area contributed by atoms with Gasteiger partial charge in [-0.15, -0.1) is 24.0 Å². The van der Waals surface area contributed by atoms with Crippen LogP contribution in [0, 0.1) is 5.41 Å². The molecule has 7 heteroatoms. The first-order valence-corrected chi connectivity index (χ1v) is 10.5. The summed E-state index contributed by atoms with van der Waals surface area (Å²) in [6, 6.07) is 0.738. The minimum absolute atomic E-state index is 0. The maximum Gasteiger partial charge on any atom is 0.222 e. The molecule has 3 atom stereocenters. The molecule has 156 valence electrons. The average molecular weight is 492 g/mol. The van der Waals surface area contributed by atoms with Crippen LogP contribution in [0.25, 0.3) is 0 Å². The molecule has 2 saturated carbocycles.